The van der Waals surface area contributed by atoms with E-state index < -0.39 is 0 Å². The zero-order chi connectivity index (χ0) is 13.8. The molecular formula is C14H13Cl2NO2. The second-order valence-electron chi connectivity index (χ2n) is 4.19. The number of benzene rings is 1. The molecule has 1 aromatic heterocycles. The summed E-state index contributed by atoms with van der Waals surface area (Å²) in [5.41, 5.74) is 0.965. The molecule has 0 saturated heterocycles. The molecule has 2 aromatic rings. The second kappa shape index (κ2) is 6.13. The van der Waals surface area contributed by atoms with Gasteiger partial charge in [-0.15, -0.1) is 11.6 Å². The van der Waals surface area contributed by atoms with Gasteiger partial charge in [-0.3, -0.25) is 4.79 Å². The van der Waals surface area contributed by atoms with Crippen LogP contribution in [0.3, 0.4) is 0 Å². The topological polar surface area (TPSA) is 33.5 Å². The molecule has 0 aliphatic rings. The van der Waals surface area contributed by atoms with E-state index in [2.05, 4.69) is 0 Å². The first-order valence-electron chi connectivity index (χ1n) is 5.74. The van der Waals surface area contributed by atoms with E-state index in [-0.39, 0.29) is 11.8 Å². The summed E-state index contributed by atoms with van der Waals surface area (Å²) in [6, 6.07) is 10.7. The Morgan fingerprint density at radius 1 is 1.32 bits per heavy atom. The largest absolute Gasteiger partial charge is 0.455 e. The molecule has 1 amide bonds. The van der Waals surface area contributed by atoms with Crippen molar-refractivity contribution in [3.05, 3.63) is 58.5 Å². The molecule has 0 spiro atoms. The van der Waals surface area contributed by atoms with E-state index in [1.54, 1.807) is 30.1 Å². The average molecular weight is 298 g/mol. The van der Waals surface area contributed by atoms with E-state index in [4.69, 9.17) is 27.6 Å². The van der Waals surface area contributed by atoms with Crippen LogP contribution in [-0.4, -0.2) is 17.9 Å². The first-order valence-corrected chi connectivity index (χ1v) is 6.66. The minimum atomic E-state index is -0.184. The highest BCUT2D eigenvalue weighted by Crippen LogP contribution is 2.15. The van der Waals surface area contributed by atoms with E-state index in [1.807, 2.05) is 18.2 Å². The van der Waals surface area contributed by atoms with Crippen LogP contribution in [0.25, 0.3) is 0 Å². The van der Waals surface area contributed by atoms with Gasteiger partial charge in [0, 0.05) is 18.6 Å². The summed E-state index contributed by atoms with van der Waals surface area (Å²) in [4.78, 5) is 13.7. The standard InChI is InChI=1S/C14H13Cl2NO2/c1-17(9-10-3-2-4-11(16)7-10)14(18)13-6-5-12(8-15)19-13/h2-7H,8-9H2,1H3. The summed E-state index contributed by atoms with van der Waals surface area (Å²) < 4.78 is 5.33. The maximum Gasteiger partial charge on any atom is 0.289 e. The van der Waals surface area contributed by atoms with Crippen LogP contribution in [-0.2, 0) is 12.4 Å². The van der Waals surface area contributed by atoms with Crippen molar-refractivity contribution < 1.29 is 9.21 Å². The Labute approximate surface area is 121 Å². The summed E-state index contributed by atoms with van der Waals surface area (Å²) in [6.45, 7) is 0.469. The predicted molar refractivity (Wildman–Crippen MR) is 75.5 cm³/mol. The van der Waals surface area contributed by atoms with Crippen LogP contribution in [0.15, 0.2) is 40.8 Å². The Bertz CT molecular complexity index is 580. The summed E-state index contributed by atoms with van der Waals surface area (Å²) in [5.74, 6) is 0.948. The molecule has 0 N–H and O–H groups in total. The Balaban J connectivity index is 2.07. The Hall–Kier alpha value is -1.45. The third kappa shape index (κ3) is 3.52. The number of rotatable bonds is 4. The first kappa shape index (κ1) is 14.0. The number of alkyl halides is 1. The van der Waals surface area contributed by atoms with E-state index in [1.165, 1.54) is 0 Å². The van der Waals surface area contributed by atoms with Crippen molar-refractivity contribution in [1.82, 2.24) is 4.90 Å². The number of hydrogen-bond acceptors (Lipinski definition) is 2. The van der Waals surface area contributed by atoms with Crippen LogP contribution >= 0.6 is 23.2 Å². The van der Waals surface area contributed by atoms with Crippen LogP contribution in [0.2, 0.25) is 5.02 Å². The molecule has 0 aliphatic carbocycles. The third-order valence-corrected chi connectivity index (χ3v) is 3.16. The number of halogens is 2. The fourth-order valence-corrected chi connectivity index (χ4v) is 2.09. The van der Waals surface area contributed by atoms with Crippen LogP contribution in [0.4, 0.5) is 0 Å². The lowest BCUT2D eigenvalue weighted by Gasteiger charge is -2.15. The highest BCUT2D eigenvalue weighted by molar-refractivity contribution is 6.30. The molecule has 0 atom stereocenters. The molecule has 0 aliphatic heterocycles. The Kier molecular flexibility index (Phi) is 4.51. The lowest BCUT2D eigenvalue weighted by atomic mass is 10.2. The number of carbonyl (C=O) groups excluding carboxylic acids is 1. The van der Waals surface area contributed by atoms with E-state index in [0.29, 0.717) is 23.1 Å². The normalized spacial score (nSPS) is 10.5. The monoisotopic (exact) mass is 297 g/mol. The van der Waals surface area contributed by atoms with Gasteiger partial charge in [0.25, 0.3) is 5.91 Å². The number of nitrogens with zero attached hydrogens (tertiary/aromatic N) is 1. The molecule has 1 aromatic carbocycles. The van der Waals surface area contributed by atoms with Crippen LogP contribution < -0.4 is 0 Å². The molecule has 2 rings (SSSR count). The third-order valence-electron chi connectivity index (χ3n) is 2.66. The predicted octanol–water partition coefficient (Wildman–Crippen LogP) is 3.94. The first-order chi connectivity index (χ1) is 9.10. The highest BCUT2D eigenvalue weighted by Gasteiger charge is 2.16. The van der Waals surface area contributed by atoms with E-state index >= 15 is 0 Å². The lowest BCUT2D eigenvalue weighted by molar-refractivity contribution is 0.0752. The van der Waals surface area contributed by atoms with Gasteiger partial charge >= 0.3 is 0 Å². The molecule has 100 valence electrons. The Morgan fingerprint density at radius 2 is 2.11 bits per heavy atom. The van der Waals surface area contributed by atoms with Gasteiger partial charge in [-0.05, 0) is 29.8 Å². The van der Waals surface area contributed by atoms with Crippen LogP contribution in [0, 0.1) is 0 Å². The molecule has 1 heterocycles. The molecule has 0 bridgehead atoms. The van der Waals surface area contributed by atoms with Crippen molar-refractivity contribution in [3.63, 3.8) is 0 Å². The van der Waals surface area contributed by atoms with E-state index in [9.17, 15) is 4.79 Å². The van der Waals surface area contributed by atoms with E-state index in [0.717, 1.165) is 5.56 Å². The summed E-state index contributed by atoms with van der Waals surface area (Å²) in [6.07, 6.45) is 0. The van der Waals surface area contributed by atoms with Gasteiger partial charge in [0.15, 0.2) is 5.76 Å². The maximum atomic E-state index is 12.1. The van der Waals surface area contributed by atoms with Crippen molar-refractivity contribution in [2.45, 2.75) is 12.4 Å². The lowest BCUT2D eigenvalue weighted by Crippen LogP contribution is -2.25. The molecule has 0 radical (unpaired) electrons. The van der Waals surface area contributed by atoms with Crippen LogP contribution in [0.5, 0.6) is 0 Å². The van der Waals surface area contributed by atoms with Gasteiger partial charge in [0.1, 0.15) is 5.76 Å². The van der Waals surface area contributed by atoms with Gasteiger partial charge < -0.3 is 9.32 Å². The highest BCUT2D eigenvalue weighted by atomic mass is 35.5. The number of carbonyl (C=O) groups is 1. The van der Waals surface area contributed by atoms with Crippen molar-refractivity contribution in [2.75, 3.05) is 7.05 Å². The van der Waals surface area contributed by atoms with Gasteiger partial charge in [-0.2, -0.15) is 0 Å². The Morgan fingerprint density at radius 3 is 2.74 bits per heavy atom. The van der Waals surface area contributed by atoms with Crippen molar-refractivity contribution in [3.8, 4) is 0 Å². The molecule has 0 fully saturated rings. The number of hydrogen-bond donors (Lipinski definition) is 0. The van der Waals surface area contributed by atoms with Crippen molar-refractivity contribution in [2.24, 2.45) is 0 Å². The molecule has 0 unspecified atom stereocenters. The summed E-state index contributed by atoms with van der Waals surface area (Å²) in [5, 5.41) is 0.653. The van der Waals surface area contributed by atoms with Crippen molar-refractivity contribution >= 4 is 29.1 Å². The van der Waals surface area contributed by atoms with Gasteiger partial charge in [-0.1, -0.05) is 23.7 Å². The number of furan rings is 1. The molecule has 3 nitrogen and oxygen atoms in total. The molecule has 0 saturated carbocycles. The van der Waals surface area contributed by atoms with Gasteiger partial charge in [0.2, 0.25) is 0 Å². The number of amides is 1. The fraction of sp³-hybridized carbons (Fsp3) is 0.214. The second-order valence-corrected chi connectivity index (χ2v) is 4.89. The van der Waals surface area contributed by atoms with Gasteiger partial charge in [0.05, 0.1) is 5.88 Å². The van der Waals surface area contributed by atoms with Gasteiger partial charge in [-0.25, -0.2) is 0 Å². The average Bonchev–Trinajstić information content (AvgIpc) is 2.86. The molecular weight excluding hydrogens is 285 g/mol. The minimum Gasteiger partial charge on any atom is -0.455 e. The molecule has 19 heavy (non-hydrogen) atoms. The molecule has 5 heteroatoms. The maximum absolute atomic E-state index is 12.1. The fourth-order valence-electron chi connectivity index (χ4n) is 1.73. The zero-order valence-electron chi connectivity index (χ0n) is 10.4. The quantitative estimate of drug-likeness (QED) is 0.801. The minimum absolute atomic E-state index is 0.184. The van der Waals surface area contributed by atoms with Crippen molar-refractivity contribution in [1.29, 1.82) is 0 Å². The SMILES string of the molecule is CN(Cc1cccc(Cl)c1)C(=O)c1ccc(CCl)o1. The van der Waals surface area contributed by atoms with Crippen LogP contribution in [0.1, 0.15) is 21.9 Å². The zero-order valence-corrected chi connectivity index (χ0v) is 11.9. The summed E-state index contributed by atoms with van der Waals surface area (Å²) in [7, 11) is 1.71. The summed E-state index contributed by atoms with van der Waals surface area (Å²) >= 11 is 11.5. The smallest absolute Gasteiger partial charge is 0.289 e.